The Bertz CT molecular complexity index is 592. The van der Waals surface area contributed by atoms with Gasteiger partial charge in [0.25, 0.3) is 0 Å². The maximum Gasteiger partial charge on any atom is 0.0228 e. The van der Waals surface area contributed by atoms with Crippen LogP contribution in [0.15, 0.2) is 30.3 Å². The van der Waals surface area contributed by atoms with E-state index in [0.717, 1.165) is 0 Å². The number of nitrogens with zero attached hydrogens (tertiary/aromatic N) is 1. The van der Waals surface area contributed by atoms with Crippen molar-refractivity contribution in [3.63, 3.8) is 0 Å². The largest absolute Gasteiger partial charge is 0.348 e. The van der Waals surface area contributed by atoms with E-state index in [-0.39, 0.29) is 0 Å². The van der Waals surface area contributed by atoms with Gasteiger partial charge < -0.3 is 4.57 Å². The van der Waals surface area contributed by atoms with Crippen molar-refractivity contribution in [2.24, 2.45) is 0 Å². The van der Waals surface area contributed by atoms with E-state index in [2.05, 4.69) is 48.7 Å². The fourth-order valence-corrected chi connectivity index (χ4v) is 3.80. The predicted octanol–water partition coefficient (Wildman–Crippen LogP) is 5.53. The molecular weight excluding hydrogens is 254 g/mol. The second kappa shape index (κ2) is 6.51. The van der Waals surface area contributed by atoms with Crippen LogP contribution in [-0.4, -0.2) is 4.57 Å². The van der Waals surface area contributed by atoms with E-state index in [4.69, 9.17) is 0 Å². The lowest BCUT2D eigenvalue weighted by molar-refractivity contribution is 0.590. The van der Waals surface area contributed by atoms with E-state index in [1.807, 2.05) is 0 Å². The lowest BCUT2D eigenvalue weighted by Gasteiger charge is -2.11. The summed E-state index contributed by atoms with van der Waals surface area (Å²) in [6, 6.07) is 11.0. The third kappa shape index (κ3) is 2.79. The Labute approximate surface area is 129 Å². The van der Waals surface area contributed by atoms with Crippen LogP contribution < -0.4 is 0 Å². The summed E-state index contributed by atoms with van der Waals surface area (Å²) in [5.41, 5.74) is 7.71. The van der Waals surface area contributed by atoms with Crippen molar-refractivity contribution in [2.75, 3.05) is 0 Å². The topological polar surface area (TPSA) is 4.93 Å². The Morgan fingerprint density at radius 2 is 1.76 bits per heavy atom. The Balaban J connectivity index is 2.12. The molecule has 0 radical (unpaired) electrons. The maximum atomic E-state index is 2.63. The van der Waals surface area contributed by atoms with Crippen molar-refractivity contribution in [1.29, 1.82) is 0 Å². The molecule has 0 amide bonds. The molecule has 0 spiro atoms. The van der Waals surface area contributed by atoms with E-state index in [0.29, 0.717) is 0 Å². The molecule has 1 aliphatic rings. The first kappa shape index (κ1) is 14.4. The van der Waals surface area contributed by atoms with Crippen molar-refractivity contribution in [3.8, 4) is 11.1 Å². The van der Waals surface area contributed by atoms with Crippen molar-refractivity contribution >= 4 is 0 Å². The Kier molecular flexibility index (Phi) is 4.48. The standard InChI is InChI=1S/C20H27N/c1-3-4-15-21-16(2)20(17-11-7-5-8-12-17)18-13-9-6-10-14-19(18)21/h5,7-8,11-12H,3-4,6,9-10,13-15H2,1-2H3. The molecule has 0 aliphatic heterocycles. The molecule has 0 unspecified atom stereocenters. The zero-order chi connectivity index (χ0) is 14.7. The quantitative estimate of drug-likeness (QED) is 0.649. The van der Waals surface area contributed by atoms with E-state index in [1.54, 1.807) is 11.3 Å². The molecule has 0 saturated carbocycles. The second-order valence-electron chi connectivity index (χ2n) is 6.32. The molecule has 1 heterocycles. The summed E-state index contributed by atoms with van der Waals surface area (Å²) in [4.78, 5) is 0. The van der Waals surface area contributed by atoms with Gasteiger partial charge in [0.05, 0.1) is 0 Å². The van der Waals surface area contributed by atoms with Crippen molar-refractivity contribution in [2.45, 2.75) is 65.3 Å². The van der Waals surface area contributed by atoms with Gasteiger partial charge in [-0.2, -0.15) is 0 Å². The van der Waals surface area contributed by atoms with Gasteiger partial charge in [-0.15, -0.1) is 0 Å². The third-order valence-electron chi connectivity index (χ3n) is 4.88. The van der Waals surface area contributed by atoms with Crippen LogP contribution in [0.3, 0.4) is 0 Å². The van der Waals surface area contributed by atoms with E-state index < -0.39 is 0 Å². The van der Waals surface area contributed by atoms with Crippen LogP contribution in [0.5, 0.6) is 0 Å². The van der Waals surface area contributed by atoms with Gasteiger partial charge in [-0.05, 0) is 50.2 Å². The number of fused-ring (bicyclic) bond motifs is 1. The van der Waals surface area contributed by atoms with Gasteiger partial charge in [-0.1, -0.05) is 50.1 Å². The fraction of sp³-hybridized carbons (Fsp3) is 0.500. The smallest absolute Gasteiger partial charge is 0.0228 e. The minimum atomic E-state index is 1.19. The molecule has 1 aliphatic carbocycles. The molecule has 3 rings (SSSR count). The van der Waals surface area contributed by atoms with Gasteiger partial charge >= 0.3 is 0 Å². The molecule has 112 valence electrons. The monoisotopic (exact) mass is 281 g/mol. The molecule has 0 bridgehead atoms. The Morgan fingerprint density at radius 1 is 1.00 bits per heavy atom. The molecule has 2 aromatic rings. The number of hydrogen-bond donors (Lipinski definition) is 0. The van der Waals surface area contributed by atoms with Crippen LogP contribution in [0.2, 0.25) is 0 Å². The SMILES string of the molecule is CCCCn1c(C)c(-c2ccccc2)c2c1CCCCC2. The molecule has 1 heteroatoms. The fourth-order valence-electron chi connectivity index (χ4n) is 3.80. The second-order valence-corrected chi connectivity index (χ2v) is 6.32. The summed E-state index contributed by atoms with van der Waals surface area (Å²) in [6.45, 7) is 5.81. The van der Waals surface area contributed by atoms with Gasteiger partial charge in [0.15, 0.2) is 0 Å². The number of benzene rings is 1. The van der Waals surface area contributed by atoms with E-state index in [1.165, 1.54) is 68.3 Å². The van der Waals surface area contributed by atoms with Crippen LogP contribution >= 0.6 is 0 Å². The highest BCUT2D eigenvalue weighted by Crippen LogP contribution is 2.36. The highest BCUT2D eigenvalue weighted by atomic mass is 15.0. The highest BCUT2D eigenvalue weighted by Gasteiger charge is 2.22. The first-order chi connectivity index (χ1) is 10.3. The van der Waals surface area contributed by atoms with Gasteiger partial charge in [0.1, 0.15) is 0 Å². The summed E-state index contributed by atoms with van der Waals surface area (Å²) >= 11 is 0. The van der Waals surface area contributed by atoms with Gasteiger partial charge in [-0.25, -0.2) is 0 Å². The highest BCUT2D eigenvalue weighted by molar-refractivity contribution is 5.72. The first-order valence-electron chi connectivity index (χ1n) is 8.59. The predicted molar refractivity (Wildman–Crippen MR) is 90.8 cm³/mol. The van der Waals surface area contributed by atoms with E-state index in [9.17, 15) is 0 Å². The molecule has 1 aromatic heterocycles. The summed E-state index contributed by atoms with van der Waals surface area (Å²) in [5, 5.41) is 0. The minimum absolute atomic E-state index is 1.19. The summed E-state index contributed by atoms with van der Waals surface area (Å²) in [6.07, 6.45) is 9.19. The lowest BCUT2D eigenvalue weighted by Crippen LogP contribution is -2.05. The molecule has 0 saturated heterocycles. The molecular formula is C20H27N. The van der Waals surface area contributed by atoms with Crippen LogP contribution in [0.1, 0.15) is 56.0 Å². The zero-order valence-electron chi connectivity index (χ0n) is 13.5. The zero-order valence-corrected chi connectivity index (χ0v) is 13.5. The van der Waals surface area contributed by atoms with Crippen LogP contribution in [0, 0.1) is 6.92 Å². The molecule has 0 N–H and O–H groups in total. The average molecular weight is 281 g/mol. The number of aromatic nitrogens is 1. The van der Waals surface area contributed by atoms with Crippen molar-refractivity contribution in [1.82, 2.24) is 4.57 Å². The summed E-state index contributed by atoms with van der Waals surface area (Å²) < 4.78 is 2.63. The molecule has 0 fully saturated rings. The van der Waals surface area contributed by atoms with Gasteiger partial charge in [-0.3, -0.25) is 0 Å². The van der Waals surface area contributed by atoms with Crippen molar-refractivity contribution in [3.05, 3.63) is 47.3 Å². The van der Waals surface area contributed by atoms with Gasteiger partial charge in [0, 0.05) is 23.5 Å². The molecule has 21 heavy (non-hydrogen) atoms. The number of unbranched alkanes of at least 4 members (excludes halogenated alkanes) is 1. The summed E-state index contributed by atoms with van der Waals surface area (Å²) in [5.74, 6) is 0. The first-order valence-corrected chi connectivity index (χ1v) is 8.59. The van der Waals surface area contributed by atoms with Crippen LogP contribution in [-0.2, 0) is 19.4 Å². The molecule has 1 nitrogen and oxygen atoms in total. The minimum Gasteiger partial charge on any atom is -0.348 e. The molecule has 0 atom stereocenters. The van der Waals surface area contributed by atoms with Crippen molar-refractivity contribution < 1.29 is 0 Å². The number of rotatable bonds is 4. The van der Waals surface area contributed by atoms with Crippen LogP contribution in [0.25, 0.3) is 11.1 Å². The Hall–Kier alpha value is -1.50. The Morgan fingerprint density at radius 3 is 2.52 bits per heavy atom. The summed E-state index contributed by atoms with van der Waals surface area (Å²) in [7, 11) is 0. The van der Waals surface area contributed by atoms with Crippen LogP contribution in [0.4, 0.5) is 0 Å². The lowest BCUT2D eigenvalue weighted by atomic mass is 9.98. The third-order valence-corrected chi connectivity index (χ3v) is 4.88. The average Bonchev–Trinajstić information content (AvgIpc) is 2.67. The normalized spacial score (nSPS) is 14.8. The number of hydrogen-bond acceptors (Lipinski definition) is 0. The van der Waals surface area contributed by atoms with E-state index >= 15 is 0 Å². The van der Waals surface area contributed by atoms with Gasteiger partial charge in [0.2, 0.25) is 0 Å². The molecule has 1 aromatic carbocycles. The maximum absolute atomic E-state index is 2.63.